The van der Waals surface area contributed by atoms with E-state index >= 15 is 0 Å². The Bertz CT molecular complexity index is 285. The van der Waals surface area contributed by atoms with E-state index in [1.165, 1.54) is 0 Å². The molecule has 0 unspecified atom stereocenters. The van der Waals surface area contributed by atoms with Crippen LogP contribution in [0.2, 0.25) is 0 Å². The number of rotatable bonds is 3. The maximum absolute atomic E-state index is 11.4. The highest BCUT2D eigenvalue weighted by Crippen LogP contribution is 2.33. The average molecular weight is 165 g/mol. The van der Waals surface area contributed by atoms with Crippen molar-refractivity contribution in [2.45, 2.75) is 24.8 Å². The summed E-state index contributed by atoms with van der Waals surface area (Å²) in [5.41, 5.74) is 5.19. The topological polar surface area (TPSA) is 56.2 Å². The molecule has 0 radical (unpaired) electrons. The number of furan rings is 1. The summed E-state index contributed by atoms with van der Waals surface area (Å²) in [4.78, 5) is 11.4. The molecule has 1 aromatic heterocycles. The third-order valence-corrected chi connectivity index (χ3v) is 2.26. The van der Waals surface area contributed by atoms with E-state index in [1.54, 1.807) is 18.4 Å². The van der Waals surface area contributed by atoms with Crippen LogP contribution in [0.25, 0.3) is 0 Å². The fraction of sp³-hybridized carbons (Fsp3) is 0.444. The Morgan fingerprint density at radius 2 is 2.42 bits per heavy atom. The standard InChI is InChI=1S/C9H11NO2/c10-9(3-4-9)8(11)6-7-2-1-5-12-7/h1-2,5H,3-4,6,10H2. The summed E-state index contributed by atoms with van der Waals surface area (Å²) >= 11 is 0. The van der Waals surface area contributed by atoms with Gasteiger partial charge in [0.2, 0.25) is 0 Å². The summed E-state index contributed by atoms with van der Waals surface area (Å²) in [6.45, 7) is 0. The summed E-state index contributed by atoms with van der Waals surface area (Å²) in [5.74, 6) is 0.800. The van der Waals surface area contributed by atoms with Gasteiger partial charge in [0.25, 0.3) is 0 Å². The molecular formula is C9H11NO2. The molecule has 12 heavy (non-hydrogen) atoms. The first kappa shape index (κ1) is 7.55. The lowest BCUT2D eigenvalue weighted by Gasteiger charge is -2.04. The van der Waals surface area contributed by atoms with Crippen molar-refractivity contribution < 1.29 is 9.21 Å². The van der Waals surface area contributed by atoms with Gasteiger partial charge in [-0.2, -0.15) is 0 Å². The molecule has 3 heteroatoms. The van der Waals surface area contributed by atoms with Crippen LogP contribution in [-0.4, -0.2) is 11.3 Å². The van der Waals surface area contributed by atoms with E-state index in [1.807, 2.05) is 0 Å². The zero-order valence-electron chi connectivity index (χ0n) is 6.75. The third kappa shape index (κ3) is 1.28. The summed E-state index contributed by atoms with van der Waals surface area (Å²) in [7, 11) is 0. The van der Waals surface area contributed by atoms with Crippen LogP contribution in [0.3, 0.4) is 0 Å². The number of hydrogen-bond donors (Lipinski definition) is 1. The monoisotopic (exact) mass is 165 g/mol. The second kappa shape index (κ2) is 2.45. The van der Waals surface area contributed by atoms with Crippen molar-refractivity contribution >= 4 is 5.78 Å². The smallest absolute Gasteiger partial charge is 0.160 e. The van der Waals surface area contributed by atoms with Crippen LogP contribution in [0.15, 0.2) is 22.8 Å². The van der Waals surface area contributed by atoms with E-state index in [0.717, 1.165) is 12.8 Å². The molecule has 1 aliphatic carbocycles. The van der Waals surface area contributed by atoms with Gasteiger partial charge in [-0.25, -0.2) is 0 Å². The predicted octanol–water partition coefficient (Wildman–Crippen LogP) is 0.882. The zero-order valence-corrected chi connectivity index (χ0v) is 6.75. The average Bonchev–Trinajstić information content (AvgIpc) is 2.63. The van der Waals surface area contributed by atoms with Crippen molar-refractivity contribution in [2.24, 2.45) is 5.73 Å². The molecule has 0 saturated heterocycles. The number of nitrogens with two attached hydrogens (primary N) is 1. The van der Waals surface area contributed by atoms with Crippen molar-refractivity contribution in [1.82, 2.24) is 0 Å². The van der Waals surface area contributed by atoms with Crippen molar-refractivity contribution in [3.63, 3.8) is 0 Å². The third-order valence-electron chi connectivity index (χ3n) is 2.26. The van der Waals surface area contributed by atoms with Crippen LogP contribution in [-0.2, 0) is 11.2 Å². The number of Topliss-reactive ketones (excluding diaryl/α,β-unsaturated/α-hetero) is 1. The Morgan fingerprint density at radius 3 is 2.92 bits per heavy atom. The molecule has 0 amide bonds. The molecule has 0 atom stereocenters. The normalized spacial score (nSPS) is 19.1. The molecule has 1 saturated carbocycles. The van der Waals surface area contributed by atoms with Crippen LogP contribution in [0.5, 0.6) is 0 Å². The molecular weight excluding hydrogens is 154 g/mol. The van der Waals surface area contributed by atoms with E-state index in [0.29, 0.717) is 12.2 Å². The van der Waals surface area contributed by atoms with Crippen LogP contribution < -0.4 is 5.73 Å². The Kier molecular flexibility index (Phi) is 1.54. The van der Waals surface area contributed by atoms with Gasteiger partial charge >= 0.3 is 0 Å². The zero-order chi connectivity index (χ0) is 8.60. The minimum absolute atomic E-state index is 0.0949. The SMILES string of the molecule is NC1(C(=O)Cc2ccco2)CC1. The summed E-state index contributed by atoms with van der Waals surface area (Å²) in [5, 5.41) is 0. The Balaban J connectivity index is 2.00. The van der Waals surface area contributed by atoms with Gasteiger partial charge in [0.1, 0.15) is 5.76 Å². The molecule has 1 heterocycles. The summed E-state index contributed by atoms with van der Waals surface area (Å²) in [6.07, 6.45) is 3.56. The molecule has 3 nitrogen and oxygen atoms in total. The molecule has 0 aromatic carbocycles. The number of carbonyl (C=O) groups is 1. The summed E-state index contributed by atoms with van der Waals surface area (Å²) in [6, 6.07) is 3.57. The van der Waals surface area contributed by atoms with Crippen LogP contribution >= 0.6 is 0 Å². The lowest BCUT2D eigenvalue weighted by atomic mass is 10.1. The van der Waals surface area contributed by atoms with E-state index in [9.17, 15) is 4.79 Å². The van der Waals surface area contributed by atoms with E-state index in [4.69, 9.17) is 10.2 Å². The quantitative estimate of drug-likeness (QED) is 0.723. The van der Waals surface area contributed by atoms with Gasteiger partial charge in [-0.1, -0.05) is 0 Å². The van der Waals surface area contributed by atoms with Crippen LogP contribution in [0.4, 0.5) is 0 Å². The van der Waals surface area contributed by atoms with Gasteiger partial charge in [-0.15, -0.1) is 0 Å². The van der Waals surface area contributed by atoms with Crippen molar-refractivity contribution in [2.75, 3.05) is 0 Å². The highest BCUT2D eigenvalue weighted by Gasteiger charge is 2.45. The molecule has 0 spiro atoms. The highest BCUT2D eigenvalue weighted by molar-refractivity contribution is 5.92. The van der Waals surface area contributed by atoms with Crippen LogP contribution in [0.1, 0.15) is 18.6 Å². The van der Waals surface area contributed by atoms with Gasteiger partial charge in [-0.3, -0.25) is 4.79 Å². The molecule has 0 bridgehead atoms. The largest absolute Gasteiger partial charge is 0.469 e. The van der Waals surface area contributed by atoms with Gasteiger partial charge in [0.05, 0.1) is 18.2 Å². The molecule has 1 fully saturated rings. The molecule has 1 aromatic rings. The number of ketones is 1. The molecule has 2 rings (SSSR count). The fourth-order valence-electron chi connectivity index (χ4n) is 1.16. The van der Waals surface area contributed by atoms with Crippen molar-refractivity contribution in [3.05, 3.63) is 24.2 Å². The molecule has 1 aliphatic rings. The van der Waals surface area contributed by atoms with E-state index in [-0.39, 0.29) is 5.78 Å². The van der Waals surface area contributed by atoms with Crippen molar-refractivity contribution in [1.29, 1.82) is 0 Å². The second-order valence-corrected chi connectivity index (χ2v) is 3.34. The predicted molar refractivity (Wildman–Crippen MR) is 43.6 cm³/mol. The maximum atomic E-state index is 11.4. The van der Waals surface area contributed by atoms with E-state index < -0.39 is 5.54 Å². The van der Waals surface area contributed by atoms with E-state index in [2.05, 4.69) is 0 Å². The Hall–Kier alpha value is -1.09. The first-order valence-corrected chi connectivity index (χ1v) is 4.05. The first-order chi connectivity index (χ1) is 5.71. The summed E-state index contributed by atoms with van der Waals surface area (Å²) < 4.78 is 5.05. The maximum Gasteiger partial charge on any atom is 0.160 e. The lowest BCUT2D eigenvalue weighted by molar-refractivity contribution is -0.120. The Morgan fingerprint density at radius 1 is 1.67 bits per heavy atom. The minimum Gasteiger partial charge on any atom is -0.469 e. The van der Waals surface area contributed by atoms with Gasteiger partial charge < -0.3 is 10.2 Å². The highest BCUT2D eigenvalue weighted by atomic mass is 16.3. The molecule has 64 valence electrons. The second-order valence-electron chi connectivity index (χ2n) is 3.34. The lowest BCUT2D eigenvalue weighted by Crippen LogP contribution is -2.33. The van der Waals surface area contributed by atoms with Crippen LogP contribution in [0, 0.1) is 0 Å². The molecule has 2 N–H and O–H groups in total. The van der Waals surface area contributed by atoms with Gasteiger partial charge in [0, 0.05) is 0 Å². The van der Waals surface area contributed by atoms with Gasteiger partial charge in [0.15, 0.2) is 5.78 Å². The van der Waals surface area contributed by atoms with Gasteiger partial charge in [-0.05, 0) is 25.0 Å². The Labute approximate surface area is 70.5 Å². The van der Waals surface area contributed by atoms with Crippen molar-refractivity contribution in [3.8, 4) is 0 Å². The molecule has 0 aliphatic heterocycles. The fourth-order valence-corrected chi connectivity index (χ4v) is 1.16. The number of hydrogen-bond acceptors (Lipinski definition) is 3. The number of carbonyl (C=O) groups excluding carboxylic acids is 1. The minimum atomic E-state index is -0.521. The first-order valence-electron chi connectivity index (χ1n) is 4.05.